The van der Waals surface area contributed by atoms with Gasteiger partial charge in [0.2, 0.25) is 5.91 Å². The third-order valence-electron chi connectivity index (χ3n) is 3.90. The molecule has 9 heteroatoms. The lowest BCUT2D eigenvalue weighted by Crippen LogP contribution is -2.48. The van der Waals surface area contributed by atoms with Gasteiger partial charge in [-0.15, -0.1) is 24.0 Å². The molecule has 7 nitrogen and oxygen atoms in total. The molecular weight excluding hydrogens is 503 g/mol. The van der Waals surface area contributed by atoms with Crippen molar-refractivity contribution in [1.29, 1.82) is 0 Å². The van der Waals surface area contributed by atoms with Gasteiger partial charge in [-0.05, 0) is 43.9 Å². The molecule has 0 saturated carbocycles. The van der Waals surface area contributed by atoms with Crippen LogP contribution in [0.25, 0.3) is 0 Å². The molecule has 0 spiro atoms. The highest BCUT2D eigenvalue weighted by molar-refractivity contribution is 14.0. The zero-order valence-electron chi connectivity index (χ0n) is 18.4. The monoisotopic (exact) mass is 538 g/mol. The van der Waals surface area contributed by atoms with Crippen LogP contribution in [-0.4, -0.2) is 51.7 Å². The number of carbonyl (C=O) groups is 1. The van der Waals surface area contributed by atoms with E-state index in [1.165, 1.54) is 0 Å². The van der Waals surface area contributed by atoms with Crippen LogP contribution in [-0.2, 0) is 20.0 Å². The molecule has 0 fully saturated rings. The maximum atomic E-state index is 12.5. The fourth-order valence-electron chi connectivity index (χ4n) is 2.43. The second-order valence-corrected chi connectivity index (χ2v) is 10.9. The lowest BCUT2D eigenvalue weighted by Gasteiger charge is -2.21. The molecule has 0 heterocycles. The predicted octanol–water partition coefficient (Wildman–Crippen LogP) is 2.46. The molecule has 0 aliphatic heterocycles. The number of sulfone groups is 1. The number of hydrogen-bond acceptors (Lipinski definition) is 4. The Labute approximate surface area is 192 Å². The molecule has 0 aromatic heterocycles. The van der Waals surface area contributed by atoms with Gasteiger partial charge < -0.3 is 16.0 Å². The highest BCUT2D eigenvalue weighted by atomic mass is 127. The first-order valence-corrected chi connectivity index (χ1v) is 11.0. The van der Waals surface area contributed by atoms with E-state index in [1.807, 2.05) is 32.9 Å². The third kappa shape index (κ3) is 10.3. The highest BCUT2D eigenvalue weighted by Gasteiger charge is 2.18. The minimum Gasteiger partial charge on any atom is -0.355 e. The molecule has 0 bridgehead atoms. The van der Waals surface area contributed by atoms with E-state index in [0.29, 0.717) is 10.9 Å². The Hall–Kier alpha value is -1.36. The number of nitrogens with zero attached hydrogens (tertiary/aromatic N) is 1. The van der Waals surface area contributed by atoms with Gasteiger partial charge >= 0.3 is 0 Å². The number of amides is 1. The van der Waals surface area contributed by atoms with E-state index in [2.05, 4.69) is 41.7 Å². The summed E-state index contributed by atoms with van der Waals surface area (Å²) in [5.41, 5.74) is 0.746. The number of guanidine groups is 1. The van der Waals surface area contributed by atoms with Crippen molar-refractivity contribution < 1.29 is 13.2 Å². The molecule has 0 saturated heterocycles. The summed E-state index contributed by atoms with van der Waals surface area (Å²) < 4.78 is 25.0. The number of halogens is 1. The van der Waals surface area contributed by atoms with Crippen molar-refractivity contribution in [3.8, 4) is 0 Å². The summed E-state index contributed by atoms with van der Waals surface area (Å²) >= 11 is 0. The predicted molar refractivity (Wildman–Crippen MR) is 130 cm³/mol. The van der Waals surface area contributed by atoms with Crippen molar-refractivity contribution in [2.45, 2.75) is 57.4 Å². The zero-order chi connectivity index (χ0) is 21.6. The molecule has 0 aliphatic rings. The lowest BCUT2D eigenvalue weighted by molar-refractivity contribution is -0.121. The summed E-state index contributed by atoms with van der Waals surface area (Å²) in [6.07, 6.45) is 0. The van der Waals surface area contributed by atoms with Crippen LogP contribution in [0, 0.1) is 0 Å². The van der Waals surface area contributed by atoms with E-state index in [0.717, 1.165) is 5.56 Å². The Balaban J connectivity index is 0.00000784. The molecule has 29 heavy (non-hydrogen) atoms. The first-order valence-electron chi connectivity index (χ1n) is 9.33. The molecule has 1 amide bonds. The molecule has 0 aliphatic carbocycles. The van der Waals surface area contributed by atoms with E-state index >= 15 is 0 Å². The van der Waals surface area contributed by atoms with Gasteiger partial charge in [0.05, 0.1) is 17.2 Å². The van der Waals surface area contributed by atoms with E-state index in [4.69, 9.17) is 0 Å². The second kappa shape index (κ2) is 11.1. The summed E-state index contributed by atoms with van der Waals surface area (Å²) in [7, 11) is -1.84. The van der Waals surface area contributed by atoms with Crippen molar-refractivity contribution in [1.82, 2.24) is 16.0 Å². The van der Waals surface area contributed by atoms with Gasteiger partial charge in [0, 0.05) is 19.1 Å². The Morgan fingerprint density at radius 1 is 1.00 bits per heavy atom. The fraction of sp³-hybridized carbons (Fsp3) is 0.600. The zero-order valence-corrected chi connectivity index (χ0v) is 21.6. The van der Waals surface area contributed by atoms with Gasteiger partial charge in [-0.3, -0.25) is 9.79 Å². The van der Waals surface area contributed by atoms with Gasteiger partial charge in [0.15, 0.2) is 15.8 Å². The average Bonchev–Trinajstić information content (AvgIpc) is 2.55. The maximum Gasteiger partial charge on any atom is 0.239 e. The van der Waals surface area contributed by atoms with Gasteiger partial charge in [-0.1, -0.05) is 32.9 Å². The fourth-order valence-corrected chi connectivity index (χ4v) is 3.59. The summed E-state index contributed by atoms with van der Waals surface area (Å²) in [6, 6.07) is 7.02. The molecule has 0 unspecified atom stereocenters. The van der Waals surface area contributed by atoms with Crippen LogP contribution in [0.5, 0.6) is 0 Å². The van der Waals surface area contributed by atoms with Crippen molar-refractivity contribution >= 4 is 45.7 Å². The van der Waals surface area contributed by atoms with Crippen LogP contribution in [0.3, 0.4) is 0 Å². The summed E-state index contributed by atoms with van der Waals surface area (Å²) in [6.45, 7) is 12.2. The van der Waals surface area contributed by atoms with E-state index in [1.54, 1.807) is 19.2 Å². The first-order chi connectivity index (χ1) is 12.7. The quantitative estimate of drug-likeness (QED) is 0.294. The van der Waals surface area contributed by atoms with Crippen LogP contribution in [0.15, 0.2) is 34.2 Å². The number of aliphatic imine (C=N–C) groups is 1. The Bertz CT molecular complexity index is 793. The first kappa shape index (κ1) is 27.6. The summed E-state index contributed by atoms with van der Waals surface area (Å²) in [5.74, 6) is 0.140. The van der Waals surface area contributed by atoms with Crippen LogP contribution >= 0.6 is 24.0 Å². The number of rotatable bonds is 6. The molecule has 0 atom stereocenters. The third-order valence-corrected chi connectivity index (χ3v) is 5.63. The van der Waals surface area contributed by atoms with Crippen LogP contribution in [0.2, 0.25) is 0 Å². The minimum absolute atomic E-state index is 0. The van der Waals surface area contributed by atoms with Gasteiger partial charge in [0.1, 0.15) is 0 Å². The molecule has 3 N–H and O–H groups in total. The Kier molecular flexibility index (Phi) is 10.6. The largest absolute Gasteiger partial charge is 0.355 e. The van der Waals surface area contributed by atoms with Gasteiger partial charge in [0.25, 0.3) is 0 Å². The Morgan fingerprint density at radius 2 is 1.55 bits per heavy atom. The lowest BCUT2D eigenvalue weighted by atomic mass is 9.87. The normalized spacial score (nSPS) is 12.7. The highest BCUT2D eigenvalue weighted by Crippen LogP contribution is 2.23. The van der Waals surface area contributed by atoms with Crippen molar-refractivity contribution in [3.63, 3.8) is 0 Å². The minimum atomic E-state index is -3.41. The van der Waals surface area contributed by atoms with Crippen LogP contribution < -0.4 is 16.0 Å². The molecule has 166 valence electrons. The number of carbonyl (C=O) groups excluding carboxylic acids is 1. The van der Waals surface area contributed by atoms with E-state index in [-0.39, 0.29) is 59.7 Å². The van der Waals surface area contributed by atoms with Gasteiger partial charge in [-0.2, -0.15) is 0 Å². The smallest absolute Gasteiger partial charge is 0.239 e. The van der Waals surface area contributed by atoms with E-state index in [9.17, 15) is 13.2 Å². The molecule has 0 radical (unpaired) electrons. The number of hydrogen-bond donors (Lipinski definition) is 3. The van der Waals surface area contributed by atoms with Crippen LogP contribution in [0.1, 0.15) is 47.1 Å². The average molecular weight is 538 g/mol. The molecule has 1 rings (SSSR count). The standard InChI is InChI=1S/C20H34N4O3S.HI/c1-19(2,3)15-8-10-16(11-9-15)28(26,27)13-12-22-18(21-7)23-14-17(25)24-20(4,5)6;/h8-11H,12-14H2,1-7H3,(H,24,25)(H2,21,22,23);1H. The van der Waals surface area contributed by atoms with Crippen molar-refractivity contribution in [2.24, 2.45) is 4.99 Å². The molecular formula is C20H35IN4O3S. The SMILES string of the molecule is CN=C(NCCS(=O)(=O)c1ccc(C(C)(C)C)cc1)NCC(=O)NC(C)(C)C.I. The summed E-state index contributed by atoms with van der Waals surface area (Å²) in [4.78, 5) is 16.2. The molecule has 1 aromatic carbocycles. The summed E-state index contributed by atoms with van der Waals surface area (Å²) in [5, 5.41) is 8.64. The number of nitrogens with one attached hydrogen (secondary N) is 3. The van der Waals surface area contributed by atoms with Crippen molar-refractivity contribution in [3.05, 3.63) is 29.8 Å². The van der Waals surface area contributed by atoms with Gasteiger partial charge in [-0.25, -0.2) is 8.42 Å². The van der Waals surface area contributed by atoms with Crippen molar-refractivity contribution in [2.75, 3.05) is 25.9 Å². The molecule has 1 aromatic rings. The van der Waals surface area contributed by atoms with Crippen LogP contribution in [0.4, 0.5) is 0 Å². The second-order valence-electron chi connectivity index (χ2n) is 8.74. The maximum absolute atomic E-state index is 12.5. The number of benzene rings is 1. The topological polar surface area (TPSA) is 99.7 Å². The Morgan fingerprint density at radius 3 is 2.00 bits per heavy atom. The van der Waals surface area contributed by atoms with E-state index < -0.39 is 9.84 Å².